The van der Waals surface area contributed by atoms with E-state index in [4.69, 9.17) is 0 Å². The van der Waals surface area contributed by atoms with E-state index in [-0.39, 0.29) is 5.91 Å². The smallest absolute Gasteiger partial charge is 0.270 e. The topological polar surface area (TPSA) is 59.0 Å². The number of carbonyl (C=O) groups excluding carboxylic acids is 1. The largest absolute Gasteiger partial charge is 0.307 e. The number of fused-ring (bicyclic) bond motifs is 1. The fraction of sp³-hybridized carbons (Fsp3) is 0.263. The van der Waals surface area contributed by atoms with Crippen molar-refractivity contribution >= 4 is 22.9 Å². The molecule has 6 heteroatoms. The van der Waals surface area contributed by atoms with Crippen molar-refractivity contribution in [3.8, 4) is 10.8 Å². The Morgan fingerprint density at radius 3 is 2.76 bits per heavy atom. The first kappa shape index (κ1) is 15.9. The molecule has 1 aromatic carbocycles. The van der Waals surface area contributed by atoms with Crippen LogP contribution in [-0.4, -0.2) is 27.4 Å². The van der Waals surface area contributed by atoms with Crippen LogP contribution in [0.2, 0.25) is 0 Å². The monoisotopic (exact) mass is 350 g/mol. The summed E-state index contributed by atoms with van der Waals surface area (Å²) in [4.78, 5) is 28.8. The summed E-state index contributed by atoms with van der Waals surface area (Å²) in [6, 6.07) is 9.95. The van der Waals surface area contributed by atoms with Gasteiger partial charge in [-0.05, 0) is 43.9 Å². The highest BCUT2D eigenvalue weighted by Gasteiger charge is 2.26. The zero-order valence-corrected chi connectivity index (χ0v) is 14.8. The molecular weight excluding hydrogens is 332 g/mol. The van der Waals surface area contributed by atoms with E-state index < -0.39 is 0 Å². The third-order valence-corrected chi connectivity index (χ3v) is 5.49. The molecule has 0 saturated heterocycles. The normalized spacial score (nSPS) is 14.0. The first-order valence-corrected chi connectivity index (χ1v) is 9.20. The third kappa shape index (κ3) is 3.05. The molecule has 1 aliphatic heterocycles. The summed E-state index contributed by atoms with van der Waals surface area (Å²) in [7, 11) is 0. The van der Waals surface area contributed by atoms with Crippen molar-refractivity contribution in [3.63, 3.8) is 0 Å². The minimum absolute atomic E-state index is 0.0199. The molecule has 3 heterocycles. The number of carbonyl (C=O) groups is 1. The number of rotatable bonds is 2. The fourth-order valence-electron chi connectivity index (χ4n) is 3.12. The predicted molar refractivity (Wildman–Crippen MR) is 98.9 cm³/mol. The standard InChI is InChI=1S/C19H18N4OS/c1-13-16(25-18(22-13)17-20-10-6-11-21-17)19(24)23-12-5-4-8-14-7-2-3-9-15(14)23/h2-3,6-7,9-11H,4-5,8,12H2,1H3. The van der Waals surface area contributed by atoms with Crippen LogP contribution in [0.25, 0.3) is 10.8 Å². The molecule has 3 aromatic rings. The second kappa shape index (κ2) is 6.72. The van der Waals surface area contributed by atoms with Crippen LogP contribution in [0, 0.1) is 6.92 Å². The first-order chi connectivity index (χ1) is 12.2. The second-order valence-corrected chi connectivity index (χ2v) is 7.05. The van der Waals surface area contributed by atoms with Crippen molar-refractivity contribution in [2.24, 2.45) is 0 Å². The predicted octanol–water partition coefficient (Wildman–Crippen LogP) is 3.89. The molecule has 25 heavy (non-hydrogen) atoms. The van der Waals surface area contributed by atoms with Gasteiger partial charge in [0.1, 0.15) is 4.88 Å². The average Bonchev–Trinajstić information content (AvgIpc) is 2.91. The Morgan fingerprint density at radius 2 is 1.92 bits per heavy atom. The Balaban J connectivity index is 1.71. The van der Waals surface area contributed by atoms with Crippen LogP contribution in [0.4, 0.5) is 5.69 Å². The van der Waals surface area contributed by atoms with Gasteiger partial charge in [0, 0.05) is 24.6 Å². The van der Waals surface area contributed by atoms with Crippen LogP contribution in [0.15, 0.2) is 42.7 Å². The van der Waals surface area contributed by atoms with Crippen LogP contribution in [0.5, 0.6) is 0 Å². The van der Waals surface area contributed by atoms with Crippen molar-refractivity contribution < 1.29 is 4.79 Å². The maximum Gasteiger partial charge on any atom is 0.270 e. The summed E-state index contributed by atoms with van der Waals surface area (Å²) in [5.41, 5.74) is 3.00. The summed E-state index contributed by atoms with van der Waals surface area (Å²) in [6.45, 7) is 2.62. The highest BCUT2D eigenvalue weighted by atomic mass is 32.1. The van der Waals surface area contributed by atoms with Gasteiger partial charge >= 0.3 is 0 Å². The van der Waals surface area contributed by atoms with E-state index in [1.807, 2.05) is 30.0 Å². The Hall–Kier alpha value is -2.60. The Labute approximate surface area is 150 Å². The lowest BCUT2D eigenvalue weighted by Crippen LogP contribution is -2.31. The van der Waals surface area contributed by atoms with Crippen molar-refractivity contribution in [1.29, 1.82) is 0 Å². The molecule has 0 aliphatic carbocycles. The SMILES string of the molecule is Cc1nc(-c2ncccn2)sc1C(=O)N1CCCCc2ccccc21. The number of thiazole rings is 1. The molecule has 0 fully saturated rings. The lowest BCUT2D eigenvalue weighted by Gasteiger charge is -2.22. The van der Waals surface area contributed by atoms with Gasteiger partial charge in [-0.3, -0.25) is 4.79 Å². The number of nitrogens with zero attached hydrogens (tertiary/aromatic N) is 4. The van der Waals surface area contributed by atoms with Crippen molar-refractivity contribution in [3.05, 3.63) is 58.9 Å². The molecule has 4 rings (SSSR count). The Morgan fingerprint density at radius 1 is 1.12 bits per heavy atom. The summed E-state index contributed by atoms with van der Waals surface area (Å²) in [5, 5.41) is 0.685. The summed E-state index contributed by atoms with van der Waals surface area (Å²) in [5.74, 6) is 0.581. The fourth-order valence-corrected chi connectivity index (χ4v) is 4.09. The Kier molecular flexibility index (Phi) is 4.28. The number of aromatic nitrogens is 3. The van der Waals surface area contributed by atoms with Crippen LogP contribution < -0.4 is 4.90 Å². The number of amides is 1. The van der Waals surface area contributed by atoms with E-state index in [1.54, 1.807) is 18.5 Å². The van der Waals surface area contributed by atoms with Gasteiger partial charge in [-0.2, -0.15) is 0 Å². The van der Waals surface area contributed by atoms with Crippen molar-refractivity contribution in [2.75, 3.05) is 11.4 Å². The van der Waals surface area contributed by atoms with E-state index in [9.17, 15) is 4.79 Å². The van der Waals surface area contributed by atoms with Crippen LogP contribution in [0.3, 0.4) is 0 Å². The zero-order chi connectivity index (χ0) is 17.2. The van der Waals surface area contributed by atoms with Gasteiger partial charge in [-0.1, -0.05) is 18.2 Å². The molecule has 0 bridgehead atoms. The number of aryl methyl sites for hydroxylation is 2. The lowest BCUT2D eigenvalue weighted by molar-refractivity contribution is 0.0990. The van der Waals surface area contributed by atoms with Gasteiger partial charge in [0.05, 0.1) is 5.69 Å². The van der Waals surface area contributed by atoms with Gasteiger partial charge in [0.2, 0.25) is 0 Å². The molecule has 0 atom stereocenters. The van der Waals surface area contributed by atoms with Crippen LogP contribution in [-0.2, 0) is 6.42 Å². The van der Waals surface area contributed by atoms with Crippen molar-refractivity contribution in [1.82, 2.24) is 15.0 Å². The minimum atomic E-state index is 0.0199. The molecule has 0 N–H and O–H groups in total. The molecule has 126 valence electrons. The second-order valence-electron chi connectivity index (χ2n) is 6.05. The summed E-state index contributed by atoms with van der Waals surface area (Å²) >= 11 is 1.37. The van der Waals surface area contributed by atoms with Crippen LogP contribution >= 0.6 is 11.3 Å². The molecule has 1 aliphatic rings. The number of para-hydroxylation sites is 1. The maximum atomic E-state index is 13.2. The van der Waals surface area contributed by atoms with Gasteiger partial charge in [0.15, 0.2) is 10.8 Å². The van der Waals surface area contributed by atoms with Gasteiger partial charge in [-0.15, -0.1) is 11.3 Å². The van der Waals surface area contributed by atoms with Gasteiger partial charge in [0.25, 0.3) is 5.91 Å². The molecule has 0 spiro atoms. The van der Waals surface area contributed by atoms with Crippen molar-refractivity contribution in [2.45, 2.75) is 26.2 Å². The first-order valence-electron chi connectivity index (χ1n) is 8.38. The summed E-state index contributed by atoms with van der Waals surface area (Å²) < 4.78 is 0. The minimum Gasteiger partial charge on any atom is -0.307 e. The van der Waals surface area contributed by atoms with E-state index in [0.717, 1.165) is 37.2 Å². The molecular formula is C19H18N4OS. The number of hydrogen-bond donors (Lipinski definition) is 0. The zero-order valence-electron chi connectivity index (χ0n) is 14.0. The van der Waals surface area contributed by atoms with Gasteiger partial charge < -0.3 is 4.90 Å². The molecule has 5 nitrogen and oxygen atoms in total. The van der Waals surface area contributed by atoms with E-state index >= 15 is 0 Å². The molecule has 0 radical (unpaired) electrons. The number of anilines is 1. The van der Waals surface area contributed by atoms with E-state index in [0.29, 0.717) is 15.7 Å². The quantitative estimate of drug-likeness (QED) is 0.703. The maximum absolute atomic E-state index is 13.2. The number of hydrogen-bond acceptors (Lipinski definition) is 5. The number of benzene rings is 1. The summed E-state index contributed by atoms with van der Waals surface area (Å²) in [6.07, 6.45) is 6.50. The highest BCUT2D eigenvalue weighted by molar-refractivity contribution is 7.17. The average molecular weight is 350 g/mol. The molecule has 0 unspecified atom stereocenters. The van der Waals surface area contributed by atoms with E-state index in [2.05, 4.69) is 21.0 Å². The highest BCUT2D eigenvalue weighted by Crippen LogP contribution is 2.31. The van der Waals surface area contributed by atoms with Crippen LogP contribution in [0.1, 0.15) is 33.8 Å². The van der Waals surface area contributed by atoms with E-state index in [1.165, 1.54) is 16.9 Å². The molecule has 2 aromatic heterocycles. The lowest BCUT2D eigenvalue weighted by atomic mass is 10.1. The Bertz CT molecular complexity index is 907. The van der Waals surface area contributed by atoms with Gasteiger partial charge in [-0.25, -0.2) is 15.0 Å². The third-order valence-electron chi connectivity index (χ3n) is 4.35. The molecule has 0 saturated carbocycles. The molecule has 1 amide bonds.